The maximum Gasteiger partial charge on any atom is 0.254 e. The Balaban J connectivity index is 1.46. The van der Waals surface area contributed by atoms with Crippen molar-refractivity contribution < 1.29 is 0 Å². The van der Waals surface area contributed by atoms with Crippen LogP contribution in [-0.4, -0.2) is 31.4 Å². The fraction of sp³-hybridized carbons (Fsp3) is 0.261. The first-order valence-corrected chi connectivity index (χ1v) is 9.91. The SMILES string of the molecule is Cc1ccc2c(CN3CCc4c(nc(-c5cccnc5)[nH]c4=O)C3)c(C)[nH]c2c1. The van der Waals surface area contributed by atoms with Gasteiger partial charge in [-0.2, -0.15) is 0 Å². The van der Waals surface area contributed by atoms with Crippen LogP contribution in [0.1, 0.15) is 28.1 Å². The molecule has 0 amide bonds. The Morgan fingerprint density at radius 3 is 2.90 bits per heavy atom. The van der Waals surface area contributed by atoms with Gasteiger partial charge in [-0.25, -0.2) is 4.98 Å². The summed E-state index contributed by atoms with van der Waals surface area (Å²) in [5.74, 6) is 0.586. The van der Waals surface area contributed by atoms with Crippen LogP contribution in [0, 0.1) is 13.8 Å². The Hall–Kier alpha value is -3.25. The second-order valence-electron chi connectivity index (χ2n) is 7.82. The Bertz CT molecular complexity index is 1260. The van der Waals surface area contributed by atoms with E-state index in [1.165, 1.54) is 27.7 Å². The maximum absolute atomic E-state index is 12.6. The molecule has 146 valence electrons. The van der Waals surface area contributed by atoms with Gasteiger partial charge in [0.15, 0.2) is 0 Å². The molecule has 0 radical (unpaired) electrons. The summed E-state index contributed by atoms with van der Waals surface area (Å²) in [7, 11) is 0. The van der Waals surface area contributed by atoms with E-state index in [-0.39, 0.29) is 5.56 Å². The van der Waals surface area contributed by atoms with Gasteiger partial charge >= 0.3 is 0 Å². The molecule has 5 rings (SSSR count). The number of fused-ring (bicyclic) bond motifs is 2. The van der Waals surface area contributed by atoms with Crippen molar-refractivity contribution in [2.24, 2.45) is 0 Å². The van der Waals surface area contributed by atoms with Gasteiger partial charge in [-0.1, -0.05) is 12.1 Å². The number of rotatable bonds is 3. The van der Waals surface area contributed by atoms with Crippen LogP contribution in [0.15, 0.2) is 47.5 Å². The first kappa shape index (κ1) is 17.8. The number of aromatic amines is 2. The summed E-state index contributed by atoms with van der Waals surface area (Å²) in [4.78, 5) is 30.3. The van der Waals surface area contributed by atoms with E-state index >= 15 is 0 Å². The summed E-state index contributed by atoms with van der Waals surface area (Å²) < 4.78 is 0. The molecule has 2 N–H and O–H groups in total. The molecule has 1 aliphatic rings. The highest BCUT2D eigenvalue weighted by Crippen LogP contribution is 2.26. The van der Waals surface area contributed by atoms with Crippen LogP contribution in [0.3, 0.4) is 0 Å². The molecule has 0 unspecified atom stereocenters. The highest BCUT2D eigenvalue weighted by atomic mass is 16.1. The van der Waals surface area contributed by atoms with Gasteiger partial charge in [-0.3, -0.25) is 14.7 Å². The molecular weight excluding hydrogens is 362 g/mol. The first-order chi connectivity index (χ1) is 14.1. The number of H-pyrrole nitrogens is 2. The molecule has 0 atom stereocenters. The Morgan fingerprint density at radius 2 is 2.07 bits per heavy atom. The Morgan fingerprint density at radius 1 is 1.17 bits per heavy atom. The Kier molecular flexibility index (Phi) is 4.28. The van der Waals surface area contributed by atoms with Crippen LogP contribution in [0.2, 0.25) is 0 Å². The number of pyridine rings is 1. The van der Waals surface area contributed by atoms with E-state index in [0.29, 0.717) is 18.8 Å². The zero-order valence-electron chi connectivity index (χ0n) is 16.6. The fourth-order valence-corrected chi connectivity index (χ4v) is 4.20. The lowest BCUT2D eigenvalue weighted by atomic mass is 10.0. The Labute approximate surface area is 168 Å². The van der Waals surface area contributed by atoms with E-state index in [4.69, 9.17) is 4.98 Å². The summed E-state index contributed by atoms with van der Waals surface area (Å²) in [6.07, 6.45) is 4.15. The van der Waals surface area contributed by atoms with E-state index < -0.39 is 0 Å². The first-order valence-electron chi connectivity index (χ1n) is 9.91. The molecule has 6 nitrogen and oxygen atoms in total. The molecule has 6 heteroatoms. The topological polar surface area (TPSA) is 77.7 Å². The molecule has 0 spiro atoms. The number of aromatic nitrogens is 4. The average Bonchev–Trinajstić information content (AvgIpc) is 3.02. The van der Waals surface area contributed by atoms with Crippen molar-refractivity contribution in [3.63, 3.8) is 0 Å². The van der Waals surface area contributed by atoms with Gasteiger partial charge in [0, 0.05) is 59.8 Å². The van der Waals surface area contributed by atoms with Crippen LogP contribution in [0.5, 0.6) is 0 Å². The number of hydrogen-bond acceptors (Lipinski definition) is 4. The number of nitrogens with zero attached hydrogens (tertiary/aromatic N) is 3. The van der Waals surface area contributed by atoms with Crippen molar-refractivity contribution in [1.82, 2.24) is 24.8 Å². The molecule has 0 bridgehead atoms. The number of benzene rings is 1. The van der Waals surface area contributed by atoms with Gasteiger partial charge in [0.2, 0.25) is 0 Å². The van der Waals surface area contributed by atoms with E-state index in [1.807, 2.05) is 12.1 Å². The van der Waals surface area contributed by atoms with E-state index in [0.717, 1.165) is 29.9 Å². The molecule has 4 heterocycles. The van der Waals surface area contributed by atoms with E-state index in [1.54, 1.807) is 12.4 Å². The molecule has 3 aromatic heterocycles. The van der Waals surface area contributed by atoms with Crippen LogP contribution in [0.4, 0.5) is 0 Å². The number of aryl methyl sites for hydroxylation is 2. The number of hydrogen-bond donors (Lipinski definition) is 2. The summed E-state index contributed by atoms with van der Waals surface area (Å²) >= 11 is 0. The normalized spacial score (nSPS) is 14.3. The molecule has 4 aromatic rings. The van der Waals surface area contributed by atoms with Gasteiger partial charge in [-0.05, 0) is 49.6 Å². The smallest absolute Gasteiger partial charge is 0.254 e. The molecule has 0 saturated heterocycles. The molecule has 0 fully saturated rings. The van der Waals surface area contributed by atoms with Crippen LogP contribution in [-0.2, 0) is 19.5 Å². The highest BCUT2D eigenvalue weighted by molar-refractivity contribution is 5.85. The average molecular weight is 385 g/mol. The predicted molar refractivity (Wildman–Crippen MR) is 114 cm³/mol. The lowest BCUT2D eigenvalue weighted by molar-refractivity contribution is 0.241. The van der Waals surface area contributed by atoms with Crippen molar-refractivity contribution in [2.75, 3.05) is 6.54 Å². The summed E-state index contributed by atoms with van der Waals surface area (Å²) in [5, 5.41) is 1.27. The zero-order valence-corrected chi connectivity index (χ0v) is 16.6. The third kappa shape index (κ3) is 3.25. The van der Waals surface area contributed by atoms with E-state index in [2.05, 4.69) is 51.9 Å². The van der Waals surface area contributed by atoms with Gasteiger partial charge < -0.3 is 9.97 Å². The molecule has 1 aromatic carbocycles. The minimum absolute atomic E-state index is 0.0350. The maximum atomic E-state index is 12.6. The van der Waals surface area contributed by atoms with Gasteiger partial charge in [0.1, 0.15) is 5.82 Å². The molecule has 29 heavy (non-hydrogen) atoms. The zero-order chi connectivity index (χ0) is 20.0. The quantitative estimate of drug-likeness (QED) is 0.566. The van der Waals surface area contributed by atoms with Gasteiger partial charge in [0.25, 0.3) is 5.56 Å². The summed E-state index contributed by atoms with van der Waals surface area (Å²) in [6.45, 7) is 6.60. The fourth-order valence-electron chi connectivity index (χ4n) is 4.20. The summed E-state index contributed by atoms with van der Waals surface area (Å²) in [6, 6.07) is 10.3. The minimum atomic E-state index is -0.0350. The third-order valence-electron chi connectivity index (χ3n) is 5.74. The van der Waals surface area contributed by atoms with Gasteiger partial charge in [-0.15, -0.1) is 0 Å². The summed E-state index contributed by atoms with van der Waals surface area (Å²) in [5.41, 5.74) is 7.42. The van der Waals surface area contributed by atoms with Crippen molar-refractivity contribution in [2.45, 2.75) is 33.4 Å². The second-order valence-corrected chi connectivity index (χ2v) is 7.82. The lowest BCUT2D eigenvalue weighted by Gasteiger charge is -2.27. The molecule has 0 aliphatic carbocycles. The molecule has 1 aliphatic heterocycles. The predicted octanol–water partition coefficient (Wildman–Crippen LogP) is 3.49. The molecular formula is C23H23N5O. The van der Waals surface area contributed by atoms with Crippen molar-refractivity contribution in [3.05, 3.63) is 81.2 Å². The largest absolute Gasteiger partial charge is 0.358 e. The number of nitrogens with one attached hydrogen (secondary N) is 2. The third-order valence-corrected chi connectivity index (χ3v) is 5.74. The molecule has 0 saturated carbocycles. The second kappa shape index (κ2) is 6.97. The van der Waals surface area contributed by atoms with Crippen molar-refractivity contribution >= 4 is 10.9 Å². The van der Waals surface area contributed by atoms with Crippen LogP contribution >= 0.6 is 0 Å². The van der Waals surface area contributed by atoms with Crippen LogP contribution < -0.4 is 5.56 Å². The van der Waals surface area contributed by atoms with Crippen molar-refractivity contribution in [1.29, 1.82) is 0 Å². The minimum Gasteiger partial charge on any atom is -0.358 e. The highest BCUT2D eigenvalue weighted by Gasteiger charge is 2.23. The lowest BCUT2D eigenvalue weighted by Crippen LogP contribution is -2.35. The van der Waals surface area contributed by atoms with Crippen molar-refractivity contribution in [3.8, 4) is 11.4 Å². The standard InChI is InChI=1S/C23H23N5O/c1-14-5-6-17-19(15(2)25-20(17)10-14)12-28-9-7-18-21(13-28)26-22(27-23(18)29)16-4-3-8-24-11-16/h3-6,8,10-11,25H,7,9,12-13H2,1-2H3,(H,26,27,29). The monoisotopic (exact) mass is 385 g/mol. The van der Waals surface area contributed by atoms with E-state index in [9.17, 15) is 4.79 Å². The van der Waals surface area contributed by atoms with Gasteiger partial charge in [0.05, 0.1) is 5.69 Å². The van der Waals surface area contributed by atoms with Crippen LogP contribution in [0.25, 0.3) is 22.3 Å².